The second-order valence-electron chi connectivity index (χ2n) is 5.30. The van der Waals surface area contributed by atoms with E-state index in [1.54, 1.807) is 18.5 Å². The summed E-state index contributed by atoms with van der Waals surface area (Å²) in [6, 6.07) is 2.11. The third-order valence-corrected chi connectivity index (χ3v) is 4.10. The minimum Gasteiger partial charge on any atom is -0.398 e. The number of carbonyl (C=O) groups excluding carboxylic acids is 1. The number of aromatic nitrogens is 1. The van der Waals surface area contributed by atoms with Gasteiger partial charge in [-0.1, -0.05) is 0 Å². The van der Waals surface area contributed by atoms with E-state index in [9.17, 15) is 4.79 Å². The van der Waals surface area contributed by atoms with Gasteiger partial charge in [0.05, 0.1) is 18.8 Å². The predicted molar refractivity (Wildman–Crippen MR) is 75.3 cm³/mol. The summed E-state index contributed by atoms with van der Waals surface area (Å²) >= 11 is 0. The van der Waals surface area contributed by atoms with Gasteiger partial charge >= 0.3 is 0 Å². The highest BCUT2D eigenvalue weighted by molar-refractivity contribution is 5.98. The van der Waals surface area contributed by atoms with E-state index in [2.05, 4.69) is 9.88 Å². The van der Waals surface area contributed by atoms with E-state index in [0.29, 0.717) is 17.3 Å². The number of hydrogen-bond donors (Lipinski definition) is 1. The van der Waals surface area contributed by atoms with Gasteiger partial charge in [0, 0.05) is 50.3 Å². The number of nitrogens with zero attached hydrogens (tertiary/aromatic N) is 3. The Bertz CT molecular complexity index is 488. The number of nitrogens with two attached hydrogens (primary N) is 1. The van der Waals surface area contributed by atoms with Crippen molar-refractivity contribution in [2.45, 2.75) is 12.5 Å². The molecule has 1 aromatic heterocycles. The maximum absolute atomic E-state index is 12.5. The number of carbonyl (C=O) groups is 1. The van der Waals surface area contributed by atoms with Crippen LogP contribution in [0.15, 0.2) is 18.5 Å². The molecule has 2 saturated heterocycles. The lowest BCUT2D eigenvalue weighted by atomic mass is 10.2. The molecule has 0 aromatic carbocycles. The Kier molecular flexibility index (Phi) is 3.84. The van der Waals surface area contributed by atoms with Crippen molar-refractivity contribution in [3.63, 3.8) is 0 Å². The minimum atomic E-state index is -0.00800. The van der Waals surface area contributed by atoms with Crippen molar-refractivity contribution in [1.82, 2.24) is 14.8 Å². The lowest BCUT2D eigenvalue weighted by molar-refractivity contribution is 0.0185. The average molecular weight is 276 g/mol. The van der Waals surface area contributed by atoms with Crippen LogP contribution >= 0.6 is 0 Å². The van der Waals surface area contributed by atoms with Crippen LogP contribution in [0.4, 0.5) is 5.69 Å². The van der Waals surface area contributed by atoms with Gasteiger partial charge in [0.1, 0.15) is 0 Å². The number of hydrogen-bond acceptors (Lipinski definition) is 5. The van der Waals surface area contributed by atoms with Crippen LogP contribution in [0.3, 0.4) is 0 Å². The fourth-order valence-corrected chi connectivity index (χ4v) is 2.92. The van der Waals surface area contributed by atoms with Crippen LogP contribution in [-0.2, 0) is 4.74 Å². The molecule has 0 bridgehead atoms. The Labute approximate surface area is 118 Å². The highest BCUT2D eigenvalue weighted by Gasteiger charge is 2.32. The molecular weight excluding hydrogens is 256 g/mol. The maximum atomic E-state index is 12.5. The van der Waals surface area contributed by atoms with Crippen molar-refractivity contribution in [2.75, 3.05) is 45.1 Å². The van der Waals surface area contributed by atoms with E-state index in [4.69, 9.17) is 10.5 Å². The van der Waals surface area contributed by atoms with E-state index in [1.807, 2.05) is 4.90 Å². The second kappa shape index (κ2) is 5.76. The molecule has 20 heavy (non-hydrogen) atoms. The molecule has 0 radical (unpaired) electrons. The minimum absolute atomic E-state index is 0.00800. The number of ether oxygens (including phenoxy) is 1. The van der Waals surface area contributed by atoms with Crippen molar-refractivity contribution < 1.29 is 9.53 Å². The zero-order chi connectivity index (χ0) is 13.9. The largest absolute Gasteiger partial charge is 0.398 e. The molecule has 1 amide bonds. The van der Waals surface area contributed by atoms with Crippen LogP contribution in [-0.4, -0.2) is 66.1 Å². The zero-order valence-corrected chi connectivity index (χ0v) is 11.5. The van der Waals surface area contributed by atoms with Crippen molar-refractivity contribution >= 4 is 11.6 Å². The summed E-state index contributed by atoms with van der Waals surface area (Å²) in [6.45, 7) is 5.06. The zero-order valence-electron chi connectivity index (χ0n) is 11.5. The monoisotopic (exact) mass is 276 g/mol. The first-order valence-electron chi connectivity index (χ1n) is 7.06. The summed E-state index contributed by atoms with van der Waals surface area (Å²) in [5.74, 6) is -0.00800. The molecule has 1 atom stereocenters. The molecule has 3 heterocycles. The van der Waals surface area contributed by atoms with Crippen LogP contribution in [0.1, 0.15) is 16.8 Å². The molecule has 2 N–H and O–H groups in total. The van der Waals surface area contributed by atoms with Crippen molar-refractivity contribution in [2.24, 2.45) is 0 Å². The van der Waals surface area contributed by atoms with Crippen LogP contribution < -0.4 is 5.73 Å². The lowest BCUT2D eigenvalue weighted by Crippen LogP contribution is -2.45. The molecule has 6 heteroatoms. The number of anilines is 1. The normalized spacial score (nSPS) is 24.0. The molecule has 1 unspecified atom stereocenters. The van der Waals surface area contributed by atoms with Gasteiger partial charge in [-0.3, -0.25) is 14.7 Å². The quantitative estimate of drug-likeness (QED) is 0.836. The van der Waals surface area contributed by atoms with Gasteiger partial charge < -0.3 is 15.4 Å². The summed E-state index contributed by atoms with van der Waals surface area (Å²) in [5.41, 5.74) is 6.86. The van der Waals surface area contributed by atoms with Gasteiger partial charge in [-0.05, 0) is 12.5 Å². The van der Waals surface area contributed by atoms with Gasteiger partial charge in [-0.25, -0.2) is 0 Å². The third kappa shape index (κ3) is 2.62. The smallest absolute Gasteiger partial charge is 0.257 e. The highest BCUT2D eigenvalue weighted by atomic mass is 16.5. The number of rotatable bonds is 2. The molecule has 0 aliphatic carbocycles. The number of likely N-dealkylation sites (tertiary alicyclic amines) is 1. The van der Waals surface area contributed by atoms with E-state index >= 15 is 0 Å². The Morgan fingerprint density at radius 1 is 1.35 bits per heavy atom. The molecule has 2 fully saturated rings. The van der Waals surface area contributed by atoms with E-state index in [0.717, 1.165) is 45.8 Å². The van der Waals surface area contributed by atoms with Gasteiger partial charge in [0.25, 0.3) is 5.91 Å². The van der Waals surface area contributed by atoms with Gasteiger partial charge in [-0.15, -0.1) is 0 Å². The fourth-order valence-electron chi connectivity index (χ4n) is 2.92. The number of nitrogen functional groups attached to an aromatic ring is 1. The van der Waals surface area contributed by atoms with Crippen LogP contribution in [0.5, 0.6) is 0 Å². The summed E-state index contributed by atoms with van der Waals surface area (Å²) < 4.78 is 5.37. The molecule has 0 spiro atoms. The lowest BCUT2D eigenvalue weighted by Gasteiger charge is -2.32. The first-order chi connectivity index (χ1) is 9.75. The molecule has 2 aliphatic rings. The second-order valence-corrected chi connectivity index (χ2v) is 5.30. The first kappa shape index (κ1) is 13.3. The molecule has 1 aromatic rings. The highest BCUT2D eigenvalue weighted by Crippen LogP contribution is 2.20. The summed E-state index contributed by atoms with van der Waals surface area (Å²) in [6.07, 6.45) is 4.18. The van der Waals surface area contributed by atoms with Crippen molar-refractivity contribution in [3.05, 3.63) is 24.0 Å². The van der Waals surface area contributed by atoms with Gasteiger partial charge in [-0.2, -0.15) is 0 Å². The molecule has 6 nitrogen and oxygen atoms in total. The first-order valence-corrected chi connectivity index (χ1v) is 7.06. The van der Waals surface area contributed by atoms with Crippen molar-refractivity contribution in [1.29, 1.82) is 0 Å². The van der Waals surface area contributed by atoms with E-state index < -0.39 is 0 Å². The summed E-state index contributed by atoms with van der Waals surface area (Å²) in [5, 5.41) is 0. The van der Waals surface area contributed by atoms with Crippen LogP contribution in [0.25, 0.3) is 0 Å². The summed E-state index contributed by atoms with van der Waals surface area (Å²) in [4.78, 5) is 20.8. The summed E-state index contributed by atoms with van der Waals surface area (Å²) in [7, 11) is 0. The fraction of sp³-hybridized carbons (Fsp3) is 0.571. The predicted octanol–water partition coefficient (Wildman–Crippen LogP) is 0.211. The third-order valence-electron chi connectivity index (χ3n) is 4.10. The average Bonchev–Trinajstić information content (AvgIpc) is 2.98. The molecular formula is C14H20N4O2. The van der Waals surface area contributed by atoms with Crippen LogP contribution in [0, 0.1) is 0 Å². The van der Waals surface area contributed by atoms with Crippen molar-refractivity contribution in [3.8, 4) is 0 Å². The van der Waals surface area contributed by atoms with E-state index in [-0.39, 0.29) is 5.91 Å². The molecule has 0 saturated carbocycles. The van der Waals surface area contributed by atoms with Gasteiger partial charge in [0.2, 0.25) is 0 Å². The standard InChI is InChI=1S/C14H20N4O2/c15-13-1-3-16-9-12(13)14(19)18-4-2-11(10-18)17-5-7-20-8-6-17/h1,3,9,11H,2,4-8,10H2,(H2,15,16). The Hall–Kier alpha value is -1.66. The number of morpholine rings is 1. The Balaban J connectivity index is 1.65. The molecule has 2 aliphatic heterocycles. The van der Waals surface area contributed by atoms with E-state index in [1.165, 1.54) is 0 Å². The Morgan fingerprint density at radius 2 is 2.15 bits per heavy atom. The Morgan fingerprint density at radius 3 is 2.90 bits per heavy atom. The SMILES string of the molecule is Nc1ccncc1C(=O)N1CCC(N2CCOCC2)C1. The van der Waals surface area contributed by atoms with Gasteiger partial charge in [0.15, 0.2) is 0 Å². The topological polar surface area (TPSA) is 71.7 Å². The molecule has 3 rings (SSSR count). The number of pyridine rings is 1. The maximum Gasteiger partial charge on any atom is 0.257 e. The number of amides is 1. The molecule has 108 valence electrons. The van der Waals surface area contributed by atoms with Crippen LogP contribution in [0.2, 0.25) is 0 Å².